The van der Waals surface area contributed by atoms with Gasteiger partial charge in [0.1, 0.15) is 17.1 Å². The second-order valence-electron chi connectivity index (χ2n) is 11.6. The van der Waals surface area contributed by atoms with Crippen molar-refractivity contribution < 1.29 is 17.6 Å². The highest BCUT2D eigenvalue weighted by Crippen LogP contribution is 2.42. The first-order chi connectivity index (χ1) is 19.5. The van der Waals surface area contributed by atoms with E-state index < -0.39 is 11.9 Å². The molecule has 0 atom stereocenters. The van der Waals surface area contributed by atoms with Crippen LogP contribution >= 0.6 is 0 Å². The summed E-state index contributed by atoms with van der Waals surface area (Å²) in [6.45, 7) is 13.0. The molecule has 3 aromatic heterocycles. The van der Waals surface area contributed by atoms with Crippen LogP contribution in [0.15, 0.2) is 71.1 Å². The number of alkyl halides is 3. The topological polar surface area (TPSA) is 43.9 Å². The van der Waals surface area contributed by atoms with E-state index in [0.717, 1.165) is 28.4 Å². The number of para-hydroxylation sites is 3. The van der Waals surface area contributed by atoms with Crippen LogP contribution in [0.2, 0.25) is 0 Å². The average molecular weight is 556 g/mol. The Bertz CT molecular complexity index is 1900. The number of pyridine rings is 1. The van der Waals surface area contributed by atoms with Gasteiger partial charge in [-0.15, -0.1) is 0 Å². The number of imidazole rings is 1. The number of halogens is 3. The lowest BCUT2D eigenvalue weighted by Gasteiger charge is -2.22. The van der Waals surface area contributed by atoms with Crippen molar-refractivity contribution in [2.24, 2.45) is 0 Å². The SMILES string of the molecule is CC(C)c1cccc(C(C)C)c1-n1c(-c2cccc3c2oc2nc(C(F)(F)F)ccc23)nc2c(C(C)C)cccc21. The summed E-state index contributed by atoms with van der Waals surface area (Å²) >= 11 is 0. The van der Waals surface area contributed by atoms with Crippen LogP contribution < -0.4 is 0 Å². The Morgan fingerprint density at radius 3 is 1.93 bits per heavy atom. The second kappa shape index (κ2) is 9.75. The van der Waals surface area contributed by atoms with Gasteiger partial charge in [0, 0.05) is 10.8 Å². The number of benzene rings is 3. The Balaban J connectivity index is 1.76. The predicted octanol–water partition coefficient (Wildman–Crippen LogP) is 10.4. The van der Waals surface area contributed by atoms with Gasteiger partial charge in [-0.2, -0.15) is 13.2 Å². The molecule has 0 N–H and O–H groups in total. The van der Waals surface area contributed by atoms with E-state index in [4.69, 9.17) is 9.40 Å². The van der Waals surface area contributed by atoms with E-state index in [2.05, 4.69) is 87.5 Å². The maximum atomic E-state index is 13.5. The van der Waals surface area contributed by atoms with Gasteiger partial charge in [0.05, 0.1) is 22.3 Å². The van der Waals surface area contributed by atoms with E-state index >= 15 is 0 Å². The maximum Gasteiger partial charge on any atom is 0.433 e. The van der Waals surface area contributed by atoms with Crippen molar-refractivity contribution >= 4 is 33.1 Å². The molecule has 0 aliphatic heterocycles. The molecule has 0 saturated heterocycles. The van der Waals surface area contributed by atoms with Crippen LogP contribution in [0.1, 0.15) is 81.7 Å². The highest BCUT2D eigenvalue weighted by Gasteiger charge is 2.33. The summed E-state index contributed by atoms with van der Waals surface area (Å²) in [7, 11) is 0. The largest absolute Gasteiger partial charge is 0.437 e. The van der Waals surface area contributed by atoms with Gasteiger partial charge in [-0.05, 0) is 58.7 Å². The minimum absolute atomic E-state index is 0.0433. The predicted molar refractivity (Wildman–Crippen MR) is 159 cm³/mol. The van der Waals surface area contributed by atoms with Crippen molar-refractivity contribution in [2.75, 3.05) is 0 Å². The van der Waals surface area contributed by atoms with Gasteiger partial charge >= 0.3 is 6.18 Å². The smallest absolute Gasteiger partial charge is 0.433 e. The molecule has 0 aliphatic carbocycles. The molecule has 0 bridgehead atoms. The van der Waals surface area contributed by atoms with Crippen LogP contribution in [0.5, 0.6) is 0 Å². The summed E-state index contributed by atoms with van der Waals surface area (Å²) in [5, 5.41) is 1.23. The molecule has 0 amide bonds. The lowest BCUT2D eigenvalue weighted by atomic mass is 9.92. The number of nitrogens with zero attached hydrogens (tertiary/aromatic N) is 3. The Morgan fingerprint density at radius 2 is 1.29 bits per heavy atom. The fraction of sp³-hybridized carbons (Fsp3) is 0.294. The Labute approximate surface area is 236 Å². The molecule has 0 aliphatic rings. The maximum absolute atomic E-state index is 13.5. The summed E-state index contributed by atoms with van der Waals surface area (Å²) in [5.74, 6) is 1.42. The van der Waals surface area contributed by atoms with E-state index in [1.54, 1.807) is 0 Å². The molecular weight excluding hydrogens is 523 g/mol. The fourth-order valence-corrected chi connectivity index (χ4v) is 5.78. The standard InChI is InChI=1S/C34H32F3N3O/c1-18(2)21-10-9-15-27-29(21)39-32(40(27)30-22(19(3)4)11-7-12-23(30)20(5)6)26-14-8-13-24-25-16-17-28(34(35,36)37)38-33(25)41-31(24)26/h7-20H,1-6H3. The zero-order valence-corrected chi connectivity index (χ0v) is 24.0. The van der Waals surface area contributed by atoms with E-state index in [-0.39, 0.29) is 23.5 Å². The van der Waals surface area contributed by atoms with E-state index in [0.29, 0.717) is 27.7 Å². The van der Waals surface area contributed by atoms with E-state index in [9.17, 15) is 13.2 Å². The average Bonchev–Trinajstić information content (AvgIpc) is 3.49. The number of fused-ring (bicyclic) bond motifs is 4. The van der Waals surface area contributed by atoms with Crippen molar-refractivity contribution in [1.82, 2.24) is 14.5 Å². The van der Waals surface area contributed by atoms with Crippen LogP contribution in [-0.4, -0.2) is 14.5 Å². The van der Waals surface area contributed by atoms with E-state index in [1.165, 1.54) is 17.2 Å². The molecule has 6 aromatic rings. The molecule has 0 saturated carbocycles. The zero-order valence-electron chi connectivity index (χ0n) is 24.0. The highest BCUT2D eigenvalue weighted by atomic mass is 19.4. The number of hydrogen-bond acceptors (Lipinski definition) is 3. The summed E-state index contributed by atoms with van der Waals surface area (Å²) in [5.41, 5.74) is 6.62. The van der Waals surface area contributed by atoms with Crippen LogP contribution in [0.3, 0.4) is 0 Å². The van der Waals surface area contributed by atoms with Crippen LogP contribution in [0, 0.1) is 0 Å². The van der Waals surface area contributed by atoms with E-state index in [1.807, 2.05) is 18.2 Å². The quantitative estimate of drug-likeness (QED) is 0.213. The molecule has 4 nitrogen and oxygen atoms in total. The zero-order chi connectivity index (χ0) is 29.2. The molecule has 0 spiro atoms. The number of aromatic nitrogens is 3. The van der Waals surface area contributed by atoms with Gasteiger partial charge in [0.2, 0.25) is 5.71 Å². The summed E-state index contributed by atoms with van der Waals surface area (Å²) in [6.07, 6.45) is -4.56. The molecular formula is C34H32F3N3O. The summed E-state index contributed by atoms with van der Waals surface area (Å²) in [6, 6.07) is 20.8. The minimum Gasteiger partial charge on any atom is -0.437 e. The first-order valence-electron chi connectivity index (χ1n) is 14.0. The van der Waals surface area contributed by atoms with Gasteiger partial charge in [0.25, 0.3) is 0 Å². The molecule has 0 radical (unpaired) electrons. The molecule has 7 heteroatoms. The molecule has 210 valence electrons. The third-order valence-corrected chi connectivity index (χ3v) is 7.80. The number of rotatable bonds is 5. The Kier molecular flexibility index (Phi) is 6.44. The fourth-order valence-electron chi connectivity index (χ4n) is 5.78. The molecule has 0 unspecified atom stereocenters. The summed E-state index contributed by atoms with van der Waals surface area (Å²) < 4.78 is 48.8. The first-order valence-corrected chi connectivity index (χ1v) is 14.0. The van der Waals surface area contributed by atoms with Gasteiger partial charge in [-0.1, -0.05) is 84.0 Å². The minimum atomic E-state index is -4.56. The third kappa shape index (κ3) is 4.39. The van der Waals surface area contributed by atoms with Gasteiger partial charge in [-0.3, -0.25) is 4.57 Å². The molecule has 3 heterocycles. The van der Waals surface area contributed by atoms with Gasteiger partial charge in [0.15, 0.2) is 0 Å². The normalized spacial score (nSPS) is 12.7. The molecule has 0 fully saturated rings. The van der Waals surface area contributed by atoms with Crippen LogP contribution in [-0.2, 0) is 6.18 Å². The van der Waals surface area contributed by atoms with Crippen molar-refractivity contribution in [3.63, 3.8) is 0 Å². The third-order valence-electron chi connectivity index (χ3n) is 7.80. The van der Waals surface area contributed by atoms with Crippen LogP contribution in [0.4, 0.5) is 13.2 Å². The monoisotopic (exact) mass is 555 g/mol. The van der Waals surface area contributed by atoms with Gasteiger partial charge in [-0.25, -0.2) is 9.97 Å². The van der Waals surface area contributed by atoms with Crippen molar-refractivity contribution in [3.8, 4) is 17.1 Å². The summed E-state index contributed by atoms with van der Waals surface area (Å²) in [4.78, 5) is 9.10. The lowest BCUT2D eigenvalue weighted by Crippen LogP contribution is -2.08. The van der Waals surface area contributed by atoms with Crippen LogP contribution in [0.25, 0.3) is 50.2 Å². The second-order valence-corrected chi connectivity index (χ2v) is 11.6. The Morgan fingerprint density at radius 1 is 0.683 bits per heavy atom. The molecule has 3 aromatic carbocycles. The molecule has 6 rings (SSSR count). The highest BCUT2D eigenvalue weighted by molar-refractivity contribution is 6.08. The number of hydrogen-bond donors (Lipinski definition) is 0. The first kappa shape index (κ1) is 27.1. The van der Waals surface area contributed by atoms with Crippen molar-refractivity contribution in [3.05, 3.63) is 89.1 Å². The lowest BCUT2D eigenvalue weighted by molar-refractivity contribution is -0.141. The van der Waals surface area contributed by atoms with Crippen molar-refractivity contribution in [1.29, 1.82) is 0 Å². The molecule has 41 heavy (non-hydrogen) atoms. The van der Waals surface area contributed by atoms with Gasteiger partial charge < -0.3 is 4.42 Å². The number of furan rings is 1. The Hall–Kier alpha value is -4.13. The van der Waals surface area contributed by atoms with Crippen molar-refractivity contribution in [2.45, 2.75) is 65.5 Å².